The number of hydrogen-bond donors (Lipinski definition) is 0. The van der Waals surface area contributed by atoms with Crippen molar-refractivity contribution in [3.05, 3.63) is 36.4 Å². The van der Waals surface area contributed by atoms with E-state index < -0.39 is 0 Å². The first-order valence-electron chi connectivity index (χ1n) is 2.00. The van der Waals surface area contributed by atoms with E-state index >= 15 is 0 Å². The van der Waals surface area contributed by atoms with Crippen LogP contribution in [-0.4, -0.2) is 17.4 Å². The summed E-state index contributed by atoms with van der Waals surface area (Å²) in [5.74, 6) is 0. The second-order valence-corrected chi connectivity index (χ2v) is 1.15. The molecular formula is C6H6AlBr3. The molecule has 1 aromatic carbocycles. The van der Waals surface area contributed by atoms with E-state index in [1.54, 1.807) is 0 Å². The summed E-state index contributed by atoms with van der Waals surface area (Å²) in [5, 5.41) is 0. The predicted molar refractivity (Wildman–Crippen MR) is 32.2 cm³/mol. The van der Waals surface area contributed by atoms with E-state index in [4.69, 9.17) is 0 Å². The maximum Gasteiger partial charge on any atom is 3.00 e. The van der Waals surface area contributed by atoms with E-state index in [2.05, 4.69) is 0 Å². The first-order chi connectivity index (χ1) is 3.00. The molecule has 0 radical (unpaired) electrons. The van der Waals surface area contributed by atoms with Crippen LogP contribution in [0.2, 0.25) is 0 Å². The molecule has 0 atom stereocenters. The molecule has 54 valence electrons. The largest absolute Gasteiger partial charge is 3.00 e. The number of benzene rings is 1. The smallest absolute Gasteiger partial charge is 1.00 e. The van der Waals surface area contributed by atoms with E-state index in [-0.39, 0.29) is 68.3 Å². The fourth-order valence-corrected chi connectivity index (χ4v) is 0.385. The fourth-order valence-electron chi connectivity index (χ4n) is 0.385. The summed E-state index contributed by atoms with van der Waals surface area (Å²) in [4.78, 5) is 0. The fraction of sp³-hybridized carbons (Fsp3) is 0. The average molecular weight is 345 g/mol. The molecule has 0 aromatic heterocycles. The topological polar surface area (TPSA) is 0 Å². The quantitative estimate of drug-likeness (QED) is 0.410. The summed E-state index contributed by atoms with van der Waals surface area (Å²) in [7, 11) is 0. The van der Waals surface area contributed by atoms with Crippen LogP contribution in [0.5, 0.6) is 0 Å². The van der Waals surface area contributed by atoms with Crippen LogP contribution in [-0.2, 0) is 0 Å². The molecule has 10 heavy (non-hydrogen) atoms. The van der Waals surface area contributed by atoms with Crippen molar-refractivity contribution < 1.29 is 50.9 Å². The second-order valence-electron chi connectivity index (χ2n) is 1.15. The summed E-state index contributed by atoms with van der Waals surface area (Å²) in [6.45, 7) is 0. The van der Waals surface area contributed by atoms with Gasteiger partial charge in [-0.25, -0.2) is 0 Å². The summed E-state index contributed by atoms with van der Waals surface area (Å²) in [6.07, 6.45) is 0. The van der Waals surface area contributed by atoms with Crippen LogP contribution in [0, 0.1) is 0 Å². The van der Waals surface area contributed by atoms with Crippen LogP contribution in [0.3, 0.4) is 0 Å². The van der Waals surface area contributed by atoms with Gasteiger partial charge in [0.15, 0.2) is 0 Å². The van der Waals surface area contributed by atoms with Crippen LogP contribution in [0.4, 0.5) is 0 Å². The predicted octanol–water partition coefficient (Wildman–Crippen LogP) is -7.68. The number of rotatable bonds is 0. The third kappa shape index (κ3) is 11.9. The van der Waals surface area contributed by atoms with Gasteiger partial charge in [-0.2, -0.15) is 0 Å². The Hall–Kier alpha value is 1.19. The Morgan fingerprint density at radius 1 is 0.400 bits per heavy atom. The van der Waals surface area contributed by atoms with Crippen LogP contribution in [0.1, 0.15) is 0 Å². The Labute approximate surface area is 104 Å². The minimum Gasteiger partial charge on any atom is -1.00 e. The summed E-state index contributed by atoms with van der Waals surface area (Å²) in [5.41, 5.74) is 0. The van der Waals surface area contributed by atoms with Crippen LogP contribution < -0.4 is 50.9 Å². The molecule has 0 saturated heterocycles. The van der Waals surface area contributed by atoms with Crippen molar-refractivity contribution in [1.29, 1.82) is 0 Å². The molecule has 1 rings (SSSR count). The molecule has 0 N–H and O–H groups in total. The SMILES string of the molecule is [Al+3].[Br-].[Br-].[Br-].c1ccccc1. The number of hydrogen-bond acceptors (Lipinski definition) is 0. The van der Waals surface area contributed by atoms with E-state index in [0.717, 1.165) is 0 Å². The van der Waals surface area contributed by atoms with E-state index in [1.165, 1.54) is 0 Å². The third-order valence-corrected chi connectivity index (χ3v) is 0.667. The second kappa shape index (κ2) is 16.6. The van der Waals surface area contributed by atoms with Crippen LogP contribution in [0.25, 0.3) is 0 Å². The Bertz CT molecular complexity index is 84.9. The van der Waals surface area contributed by atoms with E-state index in [0.29, 0.717) is 0 Å². The van der Waals surface area contributed by atoms with Gasteiger partial charge in [0.05, 0.1) is 0 Å². The van der Waals surface area contributed by atoms with Crippen molar-refractivity contribution in [1.82, 2.24) is 0 Å². The van der Waals surface area contributed by atoms with Gasteiger partial charge >= 0.3 is 17.4 Å². The first kappa shape index (κ1) is 22.5. The Morgan fingerprint density at radius 3 is 0.600 bits per heavy atom. The van der Waals surface area contributed by atoms with Gasteiger partial charge in [-0.15, -0.1) is 0 Å². The molecule has 0 bridgehead atoms. The number of halogens is 3. The van der Waals surface area contributed by atoms with Gasteiger partial charge in [0.25, 0.3) is 0 Å². The molecule has 0 saturated carbocycles. The zero-order valence-electron chi connectivity index (χ0n) is 5.18. The van der Waals surface area contributed by atoms with Gasteiger partial charge in [0.2, 0.25) is 0 Å². The summed E-state index contributed by atoms with van der Waals surface area (Å²) < 4.78 is 0. The summed E-state index contributed by atoms with van der Waals surface area (Å²) >= 11 is 0. The molecule has 0 spiro atoms. The van der Waals surface area contributed by atoms with Gasteiger partial charge < -0.3 is 50.9 Å². The van der Waals surface area contributed by atoms with Crippen molar-refractivity contribution in [2.45, 2.75) is 0 Å². The first-order valence-corrected chi connectivity index (χ1v) is 2.00. The van der Waals surface area contributed by atoms with Gasteiger partial charge in [-0.3, -0.25) is 0 Å². The standard InChI is InChI=1S/C6H6.Al.3BrH/c1-2-4-6-5-3-1;;;;/h1-6H;;3*1H/q;+3;;;/p-3. The van der Waals surface area contributed by atoms with Crippen molar-refractivity contribution >= 4 is 17.4 Å². The molecule has 0 amide bonds. The van der Waals surface area contributed by atoms with Crippen molar-refractivity contribution in [2.24, 2.45) is 0 Å². The molecular weight excluding hydrogens is 339 g/mol. The zero-order valence-corrected chi connectivity index (χ0v) is 11.1. The Balaban J connectivity index is -0.0000000450. The normalized spacial score (nSPS) is 4.80. The Kier molecular flexibility index (Phi) is 37.4. The monoisotopic (exact) mass is 342 g/mol. The average Bonchev–Trinajstić information content (AvgIpc) is 1.72. The Morgan fingerprint density at radius 2 is 0.500 bits per heavy atom. The molecule has 0 nitrogen and oxygen atoms in total. The molecule has 0 fully saturated rings. The molecule has 0 aliphatic heterocycles. The maximum atomic E-state index is 2.00. The molecule has 0 aliphatic carbocycles. The van der Waals surface area contributed by atoms with E-state index in [9.17, 15) is 0 Å². The van der Waals surface area contributed by atoms with Gasteiger partial charge in [-0.1, -0.05) is 36.4 Å². The van der Waals surface area contributed by atoms with Crippen LogP contribution in [0.15, 0.2) is 36.4 Å². The minimum absolute atomic E-state index is 0. The van der Waals surface area contributed by atoms with Gasteiger partial charge in [-0.05, 0) is 0 Å². The summed E-state index contributed by atoms with van der Waals surface area (Å²) in [6, 6.07) is 12.0. The maximum absolute atomic E-state index is 2.00. The zero-order chi connectivity index (χ0) is 4.24. The molecule has 0 heterocycles. The van der Waals surface area contributed by atoms with Gasteiger partial charge in [0.1, 0.15) is 0 Å². The molecule has 4 heteroatoms. The molecule has 0 unspecified atom stereocenters. The van der Waals surface area contributed by atoms with Crippen molar-refractivity contribution in [3.63, 3.8) is 0 Å². The minimum atomic E-state index is 0. The van der Waals surface area contributed by atoms with Gasteiger partial charge in [0, 0.05) is 0 Å². The van der Waals surface area contributed by atoms with E-state index in [1.807, 2.05) is 36.4 Å². The molecule has 1 aromatic rings. The van der Waals surface area contributed by atoms with Crippen molar-refractivity contribution in [2.75, 3.05) is 0 Å². The van der Waals surface area contributed by atoms with Crippen LogP contribution >= 0.6 is 0 Å². The van der Waals surface area contributed by atoms with Crippen molar-refractivity contribution in [3.8, 4) is 0 Å². The molecule has 0 aliphatic rings. The third-order valence-electron chi connectivity index (χ3n) is 0.667.